The number of hydrogen-bond donors (Lipinski definition) is 3. The molecule has 12 rings (SSSR count). The molecule has 3 heterocycles. The zero-order chi connectivity index (χ0) is 62.6. The number of aliphatic carboxylic acids is 1. The minimum atomic E-state index is -2.08. The zero-order valence-electron chi connectivity index (χ0n) is 50.0. The maximum absolute atomic E-state index is 11.7. The molecular formula is C65H67BrCl6Cs2N3O12+. The number of ether oxygens (including phenoxy) is 4. The van der Waals surface area contributed by atoms with E-state index in [1.54, 1.807) is 18.2 Å². The molecule has 89 heavy (non-hydrogen) atoms. The number of hydrogen-bond acceptors (Lipinski definition) is 13. The number of benzene rings is 6. The molecule has 0 amide bonds. The molecule has 3 N–H and O–H groups in total. The van der Waals surface area contributed by atoms with Crippen molar-refractivity contribution in [3.05, 3.63) is 189 Å². The molecular weight excluding hydrogens is 1570 g/mol. The number of carboxylic acid groups (broad SMARTS) is 3. The number of phenols is 1. The van der Waals surface area contributed by atoms with Crippen molar-refractivity contribution in [2.45, 2.75) is 70.9 Å². The van der Waals surface area contributed by atoms with Gasteiger partial charge in [0.2, 0.25) is 6.16 Å². The first-order chi connectivity index (χ1) is 41.5. The van der Waals surface area contributed by atoms with Gasteiger partial charge in [0.15, 0.2) is 0 Å². The molecule has 3 spiro atoms. The number of halogens is 7. The summed E-state index contributed by atoms with van der Waals surface area (Å²) in [6.07, 6.45) is 4.04. The number of nitrogens with zero attached hydrogens (tertiary/aromatic N) is 3. The Kier molecular flexibility index (Phi) is 30.6. The van der Waals surface area contributed by atoms with E-state index in [0.717, 1.165) is 106 Å². The fourth-order valence-electron chi connectivity index (χ4n) is 12.6. The van der Waals surface area contributed by atoms with Crippen molar-refractivity contribution in [2.75, 3.05) is 72.1 Å². The molecule has 0 bridgehead atoms. The van der Waals surface area contributed by atoms with Crippen LogP contribution in [0.25, 0.3) is 0 Å². The van der Waals surface area contributed by atoms with Crippen LogP contribution in [0.4, 0.5) is 4.79 Å². The van der Waals surface area contributed by atoms with Crippen molar-refractivity contribution in [2.24, 2.45) is 16.2 Å². The summed E-state index contributed by atoms with van der Waals surface area (Å²) >= 11 is 39.7. The molecule has 0 saturated carbocycles. The predicted octanol–water partition coefficient (Wildman–Crippen LogP) is 6.73. The van der Waals surface area contributed by atoms with Gasteiger partial charge in [-0.05, 0) is 164 Å². The zero-order valence-corrected chi connectivity index (χ0v) is 68.7. The summed E-state index contributed by atoms with van der Waals surface area (Å²) in [6, 6.07) is 34.5. The largest absolute Gasteiger partial charge is 1.00 e. The molecule has 6 aromatic carbocycles. The van der Waals surface area contributed by atoms with E-state index >= 15 is 0 Å². The molecule has 464 valence electrons. The number of likely N-dealkylation sites (tertiary alicyclic amines) is 3. The Morgan fingerprint density at radius 3 is 1.10 bits per heavy atom. The topological polar surface area (TPSA) is 199 Å². The van der Waals surface area contributed by atoms with E-state index in [2.05, 4.69) is 50.0 Å². The van der Waals surface area contributed by atoms with E-state index in [-0.39, 0.29) is 173 Å². The Bertz CT molecular complexity index is 3400. The first-order valence-electron chi connectivity index (χ1n) is 28.3. The van der Waals surface area contributed by atoms with Crippen molar-refractivity contribution >= 4 is 110 Å². The van der Waals surface area contributed by atoms with Gasteiger partial charge in [0.05, 0.1) is 32.8 Å². The van der Waals surface area contributed by atoms with Gasteiger partial charge in [0.25, 0.3) is 0 Å². The van der Waals surface area contributed by atoms with Crippen LogP contribution in [0.15, 0.2) is 109 Å². The summed E-state index contributed by atoms with van der Waals surface area (Å²) in [4.78, 5) is 48.6. The third-order valence-electron chi connectivity index (χ3n) is 16.1. The van der Waals surface area contributed by atoms with Gasteiger partial charge in [-0.25, -0.2) is 0 Å². The molecule has 0 unspecified atom stereocenters. The van der Waals surface area contributed by atoms with E-state index in [0.29, 0.717) is 80.7 Å². The Hall–Kier alpha value is -1.40. The Morgan fingerprint density at radius 2 is 0.787 bits per heavy atom. The molecule has 15 nitrogen and oxygen atoms in total. The molecule has 3 fully saturated rings. The summed E-state index contributed by atoms with van der Waals surface area (Å²) in [5.41, 5.74) is 11.2. The molecule has 0 atom stereocenters. The van der Waals surface area contributed by atoms with E-state index in [1.807, 2.05) is 85.5 Å². The van der Waals surface area contributed by atoms with E-state index in [1.165, 1.54) is 33.4 Å². The summed E-state index contributed by atoms with van der Waals surface area (Å²) in [6.45, 7) is 11.6. The maximum atomic E-state index is 11.7. The number of carbonyl (C=O) groups is 4. The summed E-state index contributed by atoms with van der Waals surface area (Å²) in [5.74, 6) is 0.947. The molecule has 3 aliphatic carbocycles. The van der Waals surface area contributed by atoms with Crippen LogP contribution in [0, 0.1) is 16.2 Å². The fraction of sp³-hybridized carbons (Fsp3) is 0.385. The number of aromatic hydroxyl groups is 1. The monoisotopic (exact) mass is 1640 g/mol. The van der Waals surface area contributed by atoms with Gasteiger partial charge < -0.3 is 44.2 Å². The van der Waals surface area contributed by atoms with Crippen LogP contribution in [0.2, 0.25) is 30.1 Å². The average Bonchev–Trinajstić information content (AvgIpc) is 2.91. The van der Waals surface area contributed by atoms with E-state index in [4.69, 9.17) is 109 Å². The normalized spacial score (nSPS) is 16.3. The third-order valence-corrected chi connectivity index (χ3v) is 18.7. The number of alkyl halides is 1. The van der Waals surface area contributed by atoms with Crippen LogP contribution < -0.4 is 152 Å². The van der Waals surface area contributed by atoms with Crippen molar-refractivity contribution in [1.82, 2.24) is 14.7 Å². The number of phenolic OH excluding ortho intramolecular Hbond substituents is 1. The smallest absolute Gasteiger partial charge is 0.565 e. The maximum Gasteiger partial charge on any atom is 1.00 e. The van der Waals surface area contributed by atoms with Gasteiger partial charge in [0.1, 0.15) is 30.5 Å². The first kappa shape index (κ1) is 76.6. The SMILES string of the molecule is CCOC(=O)CN1CC2(Cc3ccc(O)cc3C2)C1.CCOC(=O)CN1CC2(Cc3ccc(OCc4c(Cl)cccc4Cl)cc3C2)C1.Clc1cccc(Cl)c1CBr.O=C(O)CN1CC2(Cc3ccc(OCc4c(Cl)cccc4Cl)cc3C2)C1.O=C([O-])O.[Cs+].[Cs+]. The van der Waals surface area contributed by atoms with Crippen LogP contribution in [0.1, 0.15) is 63.9 Å². The van der Waals surface area contributed by atoms with Crippen LogP contribution >= 0.6 is 85.5 Å². The summed E-state index contributed by atoms with van der Waals surface area (Å²) < 4.78 is 21.9. The van der Waals surface area contributed by atoms with Crippen LogP contribution in [-0.2, 0) is 80.9 Å². The molecule has 6 aromatic rings. The minimum Gasteiger partial charge on any atom is -0.565 e. The molecule has 0 aromatic heterocycles. The first-order valence-corrected chi connectivity index (χ1v) is 31.6. The van der Waals surface area contributed by atoms with E-state index < -0.39 is 12.1 Å². The third kappa shape index (κ3) is 21.5. The number of carbonyl (C=O) groups excluding carboxylic acids is 2. The van der Waals surface area contributed by atoms with Crippen molar-refractivity contribution < 1.29 is 196 Å². The predicted molar refractivity (Wildman–Crippen MR) is 339 cm³/mol. The van der Waals surface area contributed by atoms with Gasteiger partial charge in [-0.1, -0.05) is 122 Å². The van der Waals surface area contributed by atoms with E-state index in [9.17, 15) is 19.5 Å². The van der Waals surface area contributed by atoms with Gasteiger partial charge in [-0.3, -0.25) is 29.1 Å². The van der Waals surface area contributed by atoms with Crippen molar-refractivity contribution in [3.63, 3.8) is 0 Å². The Labute approximate surface area is 675 Å². The van der Waals surface area contributed by atoms with Crippen LogP contribution in [0.5, 0.6) is 17.2 Å². The Balaban J connectivity index is 0.000000192. The van der Waals surface area contributed by atoms with Crippen LogP contribution in [-0.4, -0.2) is 126 Å². The van der Waals surface area contributed by atoms with Gasteiger partial charge >= 0.3 is 156 Å². The van der Waals surface area contributed by atoms with Crippen LogP contribution in [0.3, 0.4) is 0 Å². The van der Waals surface area contributed by atoms with Gasteiger partial charge in [-0.15, -0.1) is 0 Å². The van der Waals surface area contributed by atoms with Gasteiger partial charge in [-0.2, -0.15) is 0 Å². The second kappa shape index (κ2) is 35.6. The van der Waals surface area contributed by atoms with Crippen molar-refractivity contribution in [3.8, 4) is 17.2 Å². The van der Waals surface area contributed by atoms with Gasteiger partial charge in [0, 0.05) is 102 Å². The fourth-order valence-corrected chi connectivity index (χ4v) is 15.1. The average molecular weight is 1640 g/mol. The quantitative estimate of drug-likeness (QED) is 0.0722. The molecule has 3 aliphatic heterocycles. The second-order valence-electron chi connectivity index (χ2n) is 22.9. The summed E-state index contributed by atoms with van der Waals surface area (Å²) in [5, 5.41) is 38.3. The molecule has 6 aliphatic rings. The number of carboxylic acids is 1. The molecule has 0 radical (unpaired) electrons. The Morgan fingerprint density at radius 1 is 0.483 bits per heavy atom. The molecule has 24 heteroatoms. The number of fused-ring (bicyclic) bond motifs is 3. The molecule has 3 saturated heterocycles. The van der Waals surface area contributed by atoms with Crippen molar-refractivity contribution in [1.29, 1.82) is 0 Å². The minimum absolute atomic E-state index is 0. The summed E-state index contributed by atoms with van der Waals surface area (Å²) in [7, 11) is 0. The number of esters is 2. The number of rotatable bonds is 15. The second-order valence-corrected chi connectivity index (χ2v) is 25.9. The standard InChI is InChI=1S/C22H23Cl2NO3.C20H19Cl2NO3.C15H19NO3.C7H5BrCl2.CH2O3.2Cs/c1-2-27-21(26)11-25-13-22(14-25)9-15-6-7-17(8-16(15)10-22)28-12-18-19(23)4-3-5-20(18)24;21-17-2-1-3-18(22)16(17)10-26-15-5-4-13-7-20(8-14(13)6-15)11-23(12-20)9-19(24)25;1-2-19-14(18)8-16-9-15(10-16)6-11-3-4-13(17)5-12(11)7-15;8-4-5-6(9)2-1-3-7(5)10;2-1(3)4;;/h3-8H,2,9-14H2,1H3;1-6H,7-12H2,(H,24,25);3-5,17H,2,6-10H2,1H3;1-3H,4H2;(H2,2,3,4);;/q;;;;;2*+1/p-1.